The number of nitrogens with one attached hydrogen (secondary N) is 1. The summed E-state index contributed by atoms with van der Waals surface area (Å²) >= 11 is 0. The van der Waals surface area contributed by atoms with Crippen molar-refractivity contribution < 1.29 is 4.74 Å². The lowest BCUT2D eigenvalue weighted by atomic mass is 9.81. The molecule has 1 N–H and O–H groups in total. The summed E-state index contributed by atoms with van der Waals surface area (Å²) in [7, 11) is 1.83. The van der Waals surface area contributed by atoms with E-state index in [0.717, 1.165) is 6.42 Å². The number of methoxy groups -OCH3 is 1. The van der Waals surface area contributed by atoms with E-state index in [-0.39, 0.29) is 5.60 Å². The SMILES string of the molecule is COC(C)(C)CCN1CCCNC2(CCCCC2)C1. The Morgan fingerprint density at radius 2 is 1.89 bits per heavy atom. The molecule has 1 aliphatic heterocycles. The number of ether oxygens (including phenoxy) is 1. The standard InChI is InChI=1S/C16H32N2O/c1-15(2,19-3)10-13-18-12-7-11-17-16(14-18)8-5-4-6-9-16/h17H,4-14H2,1-3H3. The molecule has 2 rings (SSSR count). The Hall–Kier alpha value is -0.120. The average Bonchev–Trinajstić information content (AvgIpc) is 2.60. The minimum absolute atomic E-state index is 0.0134. The number of hydrogen-bond acceptors (Lipinski definition) is 3. The van der Waals surface area contributed by atoms with Crippen LogP contribution in [0.2, 0.25) is 0 Å². The van der Waals surface area contributed by atoms with Crippen molar-refractivity contribution in [3.63, 3.8) is 0 Å². The molecule has 2 aliphatic rings. The van der Waals surface area contributed by atoms with E-state index in [1.54, 1.807) is 0 Å². The first-order valence-corrected chi connectivity index (χ1v) is 8.08. The predicted molar refractivity (Wildman–Crippen MR) is 80.6 cm³/mol. The van der Waals surface area contributed by atoms with E-state index >= 15 is 0 Å². The molecule has 112 valence electrons. The maximum absolute atomic E-state index is 5.55. The third-order valence-electron chi connectivity index (χ3n) is 5.07. The van der Waals surface area contributed by atoms with Crippen molar-refractivity contribution in [2.45, 2.75) is 69.9 Å². The molecule has 2 fully saturated rings. The average molecular weight is 268 g/mol. The van der Waals surface area contributed by atoms with Gasteiger partial charge in [-0.05, 0) is 52.6 Å². The molecule has 0 aromatic rings. The zero-order valence-electron chi connectivity index (χ0n) is 13.1. The van der Waals surface area contributed by atoms with Gasteiger partial charge in [-0.2, -0.15) is 0 Å². The zero-order chi connectivity index (χ0) is 13.8. The molecule has 0 atom stereocenters. The van der Waals surface area contributed by atoms with Crippen molar-refractivity contribution in [1.82, 2.24) is 10.2 Å². The van der Waals surface area contributed by atoms with Crippen molar-refractivity contribution in [2.75, 3.05) is 33.3 Å². The minimum Gasteiger partial charge on any atom is -0.379 e. The van der Waals surface area contributed by atoms with Gasteiger partial charge in [0.2, 0.25) is 0 Å². The smallest absolute Gasteiger partial charge is 0.0634 e. The molecule has 0 radical (unpaired) electrons. The Morgan fingerprint density at radius 3 is 2.58 bits per heavy atom. The fourth-order valence-corrected chi connectivity index (χ4v) is 3.50. The van der Waals surface area contributed by atoms with Crippen LogP contribution in [0.3, 0.4) is 0 Å². The molecule has 1 saturated carbocycles. The fraction of sp³-hybridized carbons (Fsp3) is 1.00. The second kappa shape index (κ2) is 6.55. The van der Waals surface area contributed by atoms with Gasteiger partial charge < -0.3 is 15.0 Å². The van der Waals surface area contributed by atoms with Gasteiger partial charge in [0.1, 0.15) is 0 Å². The van der Waals surface area contributed by atoms with Crippen LogP contribution in [0, 0.1) is 0 Å². The first kappa shape index (κ1) is 15.3. The van der Waals surface area contributed by atoms with Crippen molar-refractivity contribution in [2.24, 2.45) is 0 Å². The van der Waals surface area contributed by atoms with Crippen LogP contribution < -0.4 is 5.32 Å². The number of rotatable bonds is 4. The maximum atomic E-state index is 5.55. The van der Waals surface area contributed by atoms with Gasteiger partial charge in [-0.15, -0.1) is 0 Å². The van der Waals surface area contributed by atoms with Crippen LogP contribution in [0.15, 0.2) is 0 Å². The molecule has 0 bridgehead atoms. The van der Waals surface area contributed by atoms with E-state index in [1.807, 2.05) is 7.11 Å². The number of hydrogen-bond donors (Lipinski definition) is 1. The highest BCUT2D eigenvalue weighted by molar-refractivity contribution is 4.95. The summed E-state index contributed by atoms with van der Waals surface area (Å²) in [5, 5.41) is 3.87. The molecular weight excluding hydrogens is 236 g/mol. The van der Waals surface area contributed by atoms with Crippen molar-refractivity contribution in [3.8, 4) is 0 Å². The molecule has 0 aromatic heterocycles. The molecule has 1 heterocycles. The molecule has 1 aliphatic carbocycles. The van der Waals surface area contributed by atoms with E-state index in [9.17, 15) is 0 Å². The monoisotopic (exact) mass is 268 g/mol. The van der Waals surface area contributed by atoms with Crippen LogP contribution in [-0.4, -0.2) is 49.3 Å². The summed E-state index contributed by atoms with van der Waals surface area (Å²) in [5.74, 6) is 0. The highest BCUT2D eigenvalue weighted by Gasteiger charge is 2.35. The summed E-state index contributed by atoms with van der Waals surface area (Å²) < 4.78 is 5.55. The Bertz CT molecular complexity index is 272. The normalized spacial score (nSPS) is 25.4. The summed E-state index contributed by atoms with van der Waals surface area (Å²) in [6, 6.07) is 0. The summed E-state index contributed by atoms with van der Waals surface area (Å²) in [6.45, 7) is 9.24. The van der Waals surface area contributed by atoms with E-state index in [4.69, 9.17) is 4.74 Å². The van der Waals surface area contributed by atoms with Crippen molar-refractivity contribution >= 4 is 0 Å². The van der Waals surface area contributed by atoms with Gasteiger partial charge in [0.15, 0.2) is 0 Å². The van der Waals surface area contributed by atoms with Crippen LogP contribution in [-0.2, 0) is 4.74 Å². The highest BCUT2D eigenvalue weighted by atomic mass is 16.5. The van der Waals surface area contributed by atoms with E-state index < -0.39 is 0 Å². The molecule has 0 amide bonds. The van der Waals surface area contributed by atoms with Crippen LogP contribution >= 0.6 is 0 Å². The van der Waals surface area contributed by atoms with Gasteiger partial charge in [0, 0.05) is 25.7 Å². The summed E-state index contributed by atoms with van der Waals surface area (Å²) in [6.07, 6.45) is 9.40. The third kappa shape index (κ3) is 4.44. The van der Waals surface area contributed by atoms with Gasteiger partial charge in [-0.3, -0.25) is 0 Å². The molecule has 1 saturated heterocycles. The summed E-state index contributed by atoms with van der Waals surface area (Å²) in [4.78, 5) is 2.67. The third-order valence-corrected chi connectivity index (χ3v) is 5.07. The Balaban J connectivity index is 1.89. The molecule has 0 unspecified atom stereocenters. The van der Waals surface area contributed by atoms with Gasteiger partial charge in [0.25, 0.3) is 0 Å². The number of nitrogens with zero attached hydrogens (tertiary/aromatic N) is 1. The van der Waals surface area contributed by atoms with E-state index in [1.165, 1.54) is 64.7 Å². The van der Waals surface area contributed by atoms with Crippen molar-refractivity contribution in [1.29, 1.82) is 0 Å². The first-order valence-electron chi connectivity index (χ1n) is 8.08. The van der Waals surface area contributed by atoms with Gasteiger partial charge in [-0.25, -0.2) is 0 Å². The molecule has 3 heteroatoms. The van der Waals surface area contributed by atoms with Crippen LogP contribution in [0.25, 0.3) is 0 Å². The molecule has 3 nitrogen and oxygen atoms in total. The topological polar surface area (TPSA) is 24.5 Å². The van der Waals surface area contributed by atoms with Crippen LogP contribution in [0.4, 0.5) is 0 Å². The minimum atomic E-state index is 0.0134. The lowest BCUT2D eigenvalue weighted by molar-refractivity contribution is 0.00550. The largest absolute Gasteiger partial charge is 0.379 e. The Morgan fingerprint density at radius 1 is 1.16 bits per heavy atom. The van der Waals surface area contributed by atoms with Gasteiger partial charge in [0.05, 0.1) is 5.60 Å². The quantitative estimate of drug-likeness (QED) is 0.848. The van der Waals surface area contributed by atoms with Crippen molar-refractivity contribution in [3.05, 3.63) is 0 Å². The zero-order valence-corrected chi connectivity index (χ0v) is 13.1. The molecular formula is C16H32N2O. The lowest BCUT2D eigenvalue weighted by Crippen LogP contribution is -2.53. The maximum Gasteiger partial charge on any atom is 0.0634 e. The molecule has 1 spiro atoms. The van der Waals surface area contributed by atoms with Gasteiger partial charge >= 0.3 is 0 Å². The molecule has 19 heavy (non-hydrogen) atoms. The Kier molecular flexibility index (Phi) is 5.27. The molecule has 0 aromatic carbocycles. The van der Waals surface area contributed by atoms with Crippen LogP contribution in [0.5, 0.6) is 0 Å². The second-order valence-electron chi connectivity index (χ2n) is 7.11. The van der Waals surface area contributed by atoms with Crippen LogP contribution in [0.1, 0.15) is 58.8 Å². The van der Waals surface area contributed by atoms with Gasteiger partial charge in [-0.1, -0.05) is 19.3 Å². The first-order chi connectivity index (χ1) is 9.05. The lowest BCUT2D eigenvalue weighted by Gasteiger charge is -2.40. The Labute approximate surface area is 119 Å². The second-order valence-corrected chi connectivity index (χ2v) is 7.11. The van der Waals surface area contributed by atoms with E-state index in [0.29, 0.717) is 5.54 Å². The fourth-order valence-electron chi connectivity index (χ4n) is 3.50. The highest BCUT2D eigenvalue weighted by Crippen LogP contribution is 2.30. The summed E-state index contributed by atoms with van der Waals surface area (Å²) in [5.41, 5.74) is 0.436. The van der Waals surface area contributed by atoms with E-state index in [2.05, 4.69) is 24.1 Å². The predicted octanol–water partition coefficient (Wildman–Crippen LogP) is 2.80.